The van der Waals surface area contributed by atoms with Crippen molar-refractivity contribution < 1.29 is 11.0 Å². The summed E-state index contributed by atoms with van der Waals surface area (Å²) in [5, 5.41) is 6.04. The Morgan fingerprint density at radius 3 is 2.67 bits per heavy atom. The van der Waals surface area contributed by atoms with E-state index in [2.05, 4.69) is 20.6 Å². The molecule has 1 fully saturated rings. The summed E-state index contributed by atoms with van der Waals surface area (Å²) in [4.78, 5) is 20.7. The van der Waals surface area contributed by atoms with Gasteiger partial charge >= 0.3 is 0 Å². The molecule has 24 heavy (non-hydrogen) atoms. The van der Waals surface area contributed by atoms with E-state index in [1.54, 1.807) is 25.6 Å². The maximum atomic E-state index is 12.2. The molecule has 0 radical (unpaired) electrons. The van der Waals surface area contributed by atoms with Crippen LogP contribution in [0.3, 0.4) is 0 Å². The molecule has 2 aromatic heterocycles. The molecule has 1 amide bonds. The van der Waals surface area contributed by atoms with Crippen LogP contribution in [-0.4, -0.2) is 40.6 Å². The van der Waals surface area contributed by atoms with Crippen LogP contribution in [0.5, 0.6) is 5.75 Å². The summed E-state index contributed by atoms with van der Waals surface area (Å²) in [5.74, 6) is 0.541. The van der Waals surface area contributed by atoms with Gasteiger partial charge in [0.05, 0.1) is 24.5 Å². The van der Waals surface area contributed by atoms with Crippen LogP contribution in [0.4, 0.5) is 0 Å². The Labute approximate surface area is 147 Å². The van der Waals surface area contributed by atoms with Crippen molar-refractivity contribution in [3.05, 3.63) is 42.4 Å². The van der Waals surface area contributed by atoms with Crippen molar-refractivity contribution in [2.45, 2.75) is 24.9 Å². The minimum Gasteiger partial charge on any atom is -0.495 e. The third-order valence-electron chi connectivity index (χ3n) is 4.04. The number of methoxy groups -OCH3 is 1. The molecular formula is C17H20N4O2S. The predicted molar refractivity (Wildman–Crippen MR) is 97.2 cm³/mol. The highest BCUT2D eigenvalue weighted by Crippen LogP contribution is 2.21. The second-order valence-corrected chi connectivity index (χ2v) is 5.87. The topological polar surface area (TPSA) is 76.1 Å². The number of aromatic nitrogens is 2. The number of thiocarbonyl (C=S) groups is 1. The number of hydrogen-bond acceptors (Lipinski definition) is 5. The van der Waals surface area contributed by atoms with Crippen LogP contribution in [0.15, 0.2) is 36.7 Å². The van der Waals surface area contributed by atoms with E-state index in [0.717, 1.165) is 24.1 Å². The van der Waals surface area contributed by atoms with Crippen LogP contribution < -0.4 is 15.4 Å². The molecule has 0 spiro atoms. The Hall–Kier alpha value is -2.54. The van der Waals surface area contributed by atoms with Gasteiger partial charge in [-0.2, -0.15) is 0 Å². The number of rotatable bonds is 6. The molecule has 3 rings (SSSR count). The van der Waals surface area contributed by atoms with E-state index >= 15 is 0 Å². The van der Waals surface area contributed by atoms with Gasteiger partial charge in [0.15, 0.2) is 0 Å². The zero-order valence-electron chi connectivity index (χ0n) is 13.2. The Kier molecular flexibility index (Phi) is 5.00. The number of carbonyl (C=O) groups excluding carboxylic acids is 1. The molecule has 0 aromatic carbocycles. The first-order valence-corrected chi connectivity index (χ1v) is 8.13. The van der Waals surface area contributed by atoms with Crippen molar-refractivity contribution in [2.75, 3.05) is 7.11 Å². The first kappa shape index (κ1) is 16.3. The lowest BCUT2D eigenvalue weighted by Gasteiger charge is -2.35. The SMILES string of the molecule is COc1ccc(-c2ccc(C(=O)NC3CC(NC=S)C3)nc2)nc1.[HH]. The quantitative estimate of drug-likeness (QED) is 0.783. The molecule has 0 atom stereocenters. The number of nitrogens with zero attached hydrogens (tertiary/aromatic N) is 2. The van der Waals surface area contributed by atoms with Gasteiger partial charge in [0.2, 0.25) is 0 Å². The lowest BCUT2D eigenvalue weighted by molar-refractivity contribution is 0.0902. The van der Waals surface area contributed by atoms with Gasteiger partial charge in [0.25, 0.3) is 5.91 Å². The zero-order chi connectivity index (χ0) is 16.9. The maximum absolute atomic E-state index is 12.2. The normalized spacial score (nSPS) is 19.0. The van der Waals surface area contributed by atoms with Crippen molar-refractivity contribution in [1.29, 1.82) is 0 Å². The predicted octanol–water partition coefficient (Wildman–Crippen LogP) is 2.21. The van der Waals surface area contributed by atoms with Crippen molar-refractivity contribution in [2.24, 2.45) is 0 Å². The smallest absolute Gasteiger partial charge is 0.270 e. The van der Waals surface area contributed by atoms with E-state index in [4.69, 9.17) is 17.0 Å². The van der Waals surface area contributed by atoms with Crippen LogP contribution in [-0.2, 0) is 0 Å². The van der Waals surface area contributed by atoms with E-state index in [1.165, 1.54) is 5.49 Å². The van der Waals surface area contributed by atoms with Gasteiger partial charge < -0.3 is 15.4 Å². The van der Waals surface area contributed by atoms with Gasteiger partial charge in [-0.1, -0.05) is 12.2 Å². The molecule has 2 aromatic rings. The van der Waals surface area contributed by atoms with Crippen LogP contribution in [0, 0.1) is 0 Å². The standard InChI is InChI=1S/C17H18N4O2S.H2/c1-23-14-3-5-15(19-9-14)11-2-4-16(18-8-11)17(22)21-13-6-12(7-13)20-10-24;/h2-5,8-10,12-13H,6-7H2,1H3,(H,20,24)(H,21,22);1H. The van der Waals surface area contributed by atoms with E-state index in [1.807, 2.05) is 18.2 Å². The largest absolute Gasteiger partial charge is 0.495 e. The Balaban J connectivity index is 0.00000225. The third-order valence-corrected chi connectivity index (χ3v) is 4.18. The minimum atomic E-state index is -0.157. The Morgan fingerprint density at radius 2 is 2.08 bits per heavy atom. The fraction of sp³-hybridized carbons (Fsp3) is 0.294. The van der Waals surface area contributed by atoms with Gasteiger partial charge in [0, 0.05) is 25.3 Å². The highest BCUT2D eigenvalue weighted by molar-refractivity contribution is 7.78. The van der Waals surface area contributed by atoms with Crippen molar-refractivity contribution in [3.63, 3.8) is 0 Å². The average Bonchev–Trinajstić information content (AvgIpc) is 2.60. The second-order valence-electron chi connectivity index (χ2n) is 5.64. The van der Waals surface area contributed by atoms with E-state index < -0.39 is 0 Å². The first-order valence-electron chi connectivity index (χ1n) is 7.66. The summed E-state index contributed by atoms with van der Waals surface area (Å²) in [5.41, 5.74) is 3.56. The first-order chi connectivity index (χ1) is 11.7. The molecule has 0 unspecified atom stereocenters. The number of carbonyl (C=O) groups is 1. The summed E-state index contributed by atoms with van der Waals surface area (Å²) < 4.78 is 5.09. The number of pyridine rings is 2. The summed E-state index contributed by atoms with van der Waals surface area (Å²) in [6.45, 7) is 0. The zero-order valence-corrected chi connectivity index (χ0v) is 14.0. The minimum absolute atomic E-state index is 0. The average molecular weight is 344 g/mol. The number of nitrogens with one attached hydrogen (secondary N) is 2. The van der Waals surface area contributed by atoms with Crippen LogP contribution in [0.2, 0.25) is 0 Å². The number of amides is 1. The highest BCUT2D eigenvalue weighted by Gasteiger charge is 2.29. The molecule has 6 nitrogen and oxygen atoms in total. The van der Waals surface area contributed by atoms with Gasteiger partial charge in [-0.25, -0.2) is 0 Å². The molecule has 0 saturated heterocycles. The van der Waals surface area contributed by atoms with Crippen molar-refractivity contribution in [3.8, 4) is 17.0 Å². The van der Waals surface area contributed by atoms with Gasteiger partial charge in [-0.05, 0) is 37.1 Å². The van der Waals surface area contributed by atoms with E-state index in [-0.39, 0.29) is 13.4 Å². The molecule has 1 aliphatic carbocycles. The summed E-state index contributed by atoms with van der Waals surface area (Å²) in [7, 11) is 1.60. The van der Waals surface area contributed by atoms with Crippen LogP contribution >= 0.6 is 12.2 Å². The summed E-state index contributed by atoms with van der Waals surface area (Å²) in [6, 6.07) is 7.78. The second kappa shape index (κ2) is 7.35. The fourth-order valence-electron chi connectivity index (χ4n) is 2.58. The molecular weight excluding hydrogens is 324 g/mol. The molecule has 0 aliphatic heterocycles. The molecule has 126 valence electrons. The highest BCUT2D eigenvalue weighted by atomic mass is 32.1. The molecule has 1 aliphatic rings. The Bertz CT molecular complexity index is 718. The summed E-state index contributed by atoms with van der Waals surface area (Å²) >= 11 is 4.75. The van der Waals surface area contributed by atoms with Gasteiger partial charge in [0.1, 0.15) is 11.4 Å². The Morgan fingerprint density at radius 1 is 1.25 bits per heavy atom. The monoisotopic (exact) mass is 344 g/mol. The fourth-order valence-corrected chi connectivity index (χ4v) is 2.77. The molecule has 2 heterocycles. The van der Waals surface area contributed by atoms with Crippen molar-refractivity contribution >= 4 is 23.6 Å². The third kappa shape index (κ3) is 3.68. The van der Waals surface area contributed by atoms with Gasteiger partial charge in [-0.3, -0.25) is 14.8 Å². The number of hydrogen-bond donors (Lipinski definition) is 2. The van der Waals surface area contributed by atoms with Crippen LogP contribution in [0.25, 0.3) is 11.3 Å². The molecule has 7 heteroatoms. The van der Waals surface area contributed by atoms with Crippen molar-refractivity contribution in [1.82, 2.24) is 20.6 Å². The molecule has 0 bridgehead atoms. The van der Waals surface area contributed by atoms with Crippen LogP contribution in [0.1, 0.15) is 24.8 Å². The lowest BCUT2D eigenvalue weighted by Crippen LogP contribution is -2.52. The summed E-state index contributed by atoms with van der Waals surface area (Å²) in [6.07, 6.45) is 5.07. The number of ether oxygens (including phenoxy) is 1. The van der Waals surface area contributed by atoms with Gasteiger partial charge in [-0.15, -0.1) is 0 Å². The van der Waals surface area contributed by atoms with E-state index in [9.17, 15) is 4.79 Å². The van der Waals surface area contributed by atoms with E-state index in [0.29, 0.717) is 17.5 Å². The molecule has 1 saturated carbocycles. The maximum Gasteiger partial charge on any atom is 0.270 e. The molecule has 2 N–H and O–H groups in total. The lowest BCUT2D eigenvalue weighted by atomic mass is 9.87.